The number of amides is 1. The van der Waals surface area contributed by atoms with E-state index in [1.807, 2.05) is 0 Å². The van der Waals surface area contributed by atoms with Gasteiger partial charge in [0.1, 0.15) is 11.5 Å². The molecule has 0 atom stereocenters. The Morgan fingerprint density at radius 2 is 2.00 bits per heavy atom. The van der Waals surface area contributed by atoms with Crippen molar-refractivity contribution in [2.24, 2.45) is 0 Å². The fourth-order valence-electron chi connectivity index (χ4n) is 2.19. The van der Waals surface area contributed by atoms with E-state index >= 15 is 0 Å². The van der Waals surface area contributed by atoms with Gasteiger partial charge < -0.3 is 4.42 Å². The first kappa shape index (κ1) is 16.8. The molecule has 3 aromatic rings. The average Bonchev–Trinajstić information content (AvgIpc) is 3.07. The van der Waals surface area contributed by atoms with Gasteiger partial charge in [0.2, 0.25) is 0 Å². The molecule has 0 saturated heterocycles. The molecule has 0 aliphatic rings. The zero-order valence-corrected chi connectivity index (χ0v) is 15.0. The number of aryl methyl sites for hydroxylation is 2. The predicted octanol–water partition coefficient (Wildman–Crippen LogP) is 5.31. The van der Waals surface area contributed by atoms with Crippen molar-refractivity contribution in [1.82, 2.24) is 4.98 Å². The molecule has 124 valence electrons. The summed E-state index contributed by atoms with van der Waals surface area (Å²) in [5.41, 5.74) is 1.28. The van der Waals surface area contributed by atoms with E-state index in [4.69, 9.17) is 4.42 Å². The van der Waals surface area contributed by atoms with Crippen molar-refractivity contribution in [2.75, 3.05) is 5.32 Å². The number of aromatic nitrogens is 1. The number of rotatable bonds is 3. The average molecular weight is 413 g/mol. The molecule has 0 aliphatic carbocycles. The summed E-state index contributed by atoms with van der Waals surface area (Å²) in [6.07, 6.45) is 0. The fraction of sp³-hybridized carbons (Fsp3) is 0.125. The van der Waals surface area contributed by atoms with Gasteiger partial charge in [0, 0.05) is 10.9 Å². The minimum atomic E-state index is -0.945. The van der Waals surface area contributed by atoms with Gasteiger partial charge in [-0.3, -0.25) is 10.1 Å². The smallest absolute Gasteiger partial charge is 0.262 e. The maximum atomic E-state index is 13.3. The minimum Gasteiger partial charge on any atom is -0.465 e. The second-order valence-corrected chi connectivity index (χ2v) is 6.68. The number of benzene rings is 1. The lowest BCUT2D eigenvalue weighted by molar-refractivity contribution is 0.102. The molecule has 1 amide bonds. The predicted molar refractivity (Wildman–Crippen MR) is 91.3 cm³/mol. The number of halogens is 3. The van der Waals surface area contributed by atoms with Gasteiger partial charge in [0.05, 0.1) is 15.7 Å². The van der Waals surface area contributed by atoms with E-state index in [-0.39, 0.29) is 5.91 Å². The van der Waals surface area contributed by atoms with Crippen LogP contribution in [0.5, 0.6) is 0 Å². The Balaban J connectivity index is 1.83. The summed E-state index contributed by atoms with van der Waals surface area (Å²) in [6, 6.07) is 3.53. The van der Waals surface area contributed by atoms with Gasteiger partial charge in [-0.15, -0.1) is 11.3 Å². The number of furan rings is 1. The molecule has 2 aromatic heterocycles. The quantitative estimate of drug-likeness (QED) is 0.633. The molecule has 24 heavy (non-hydrogen) atoms. The van der Waals surface area contributed by atoms with Crippen molar-refractivity contribution < 1.29 is 18.0 Å². The van der Waals surface area contributed by atoms with Crippen molar-refractivity contribution in [3.8, 4) is 11.3 Å². The number of thiazole rings is 1. The normalized spacial score (nSPS) is 10.9. The highest BCUT2D eigenvalue weighted by Gasteiger charge is 2.21. The van der Waals surface area contributed by atoms with E-state index in [0.29, 0.717) is 37.9 Å². The molecule has 0 spiro atoms. The molecule has 1 aromatic carbocycles. The molecule has 0 aliphatic heterocycles. The summed E-state index contributed by atoms with van der Waals surface area (Å²) in [7, 11) is 0. The van der Waals surface area contributed by atoms with E-state index in [0.717, 1.165) is 12.1 Å². The van der Waals surface area contributed by atoms with Crippen LogP contribution >= 0.6 is 27.3 Å². The number of hydrogen-bond acceptors (Lipinski definition) is 4. The molecule has 1 N–H and O–H groups in total. The van der Waals surface area contributed by atoms with E-state index in [2.05, 4.69) is 26.2 Å². The van der Waals surface area contributed by atoms with Gasteiger partial charge in [0.25, 0.3) is 5.91 Å². The molecule has 0 fully saturated rings. The summed E-state index contributed by atoms with van der Waals surface area (Å²) in [6.45, 7) is 3.44. The van der Waals surface area contributed by atoms with Crippen LogP contribution in [0, 0.1) is 25.5 Å². The fourth-order valence-corrected chi connectivity index (χ4v) is 3.45. The highest BCUT2D eigenvalue weighted by atomic mass is 79.9. The van der Waals surface area contributed by atoms with Crippen LogP contribution in [0.15, 0.2) is 32.5 Å². The van der Waals surface area contributed by atoms with E-state index in [9.17, 15) is 13.6 Å². The Bertz CT molecular complexity index is 936. The minimum absolute atomic E-state index is 0.352. The second kappa shape index (κ2) is 6.45. The van der Waals surface area contributed by atoms with Crippen LogP contribution < -0.4 is 5.32 Å². The van der Waals surface area contributed by atoms with Crippen molar-refractivity contribution in [1.29, 1.82) is 0 Å². The molecule has 2 heterocycles. The van der Waals surface area contributed by atoms with Crippen LogP contribution in [0.25, 0.3) is 11.3 Å². The third kappa shape index (κ3) is 3.11. The zero-order valence-electron chi connectivity index (χ0n) is 12.6. The molecular formula is C16H11BrF2N2O2S. The summed E-state index contributed by atoms with van der Waals surface area (Å²) in [4.78, 5) is 16.6. The topological polar surface area (TPSA) is 55.1 Å². The van der Waals surface area contributed by atoms with Gasteiger partial charge in [-0.25, -0.2) is 13.8 Å². The summed E-state index contributed by atoms with van der Waals surface area (Å²) in [5, 5.41) is 4.69. The Labute approximate surface area is 148 Å². The Kier molecular flexibility index (Phi) is 4.51. The Hall–Kier alpha value is -2.06. The number of nitrogens with zero attached hydrogens (tertiary/aromatic N) is 1. The van der Waals surface area contributed by atoms with Gasteiger partial charge in [-0.2, -0.15) is 0 Å². The zero-order chi connectivity index (χ0) is 17.4. The molecule has 0 saturated carbocycles. The second-order valence-electron chi connectivity index (χ2n) is 5.02. The summed E-state index contributed by atoms with van der Waals surface area (Å²) in [5.74, 6) is -1.12. The first-order chi connectivity index (χ1) is 11.4. The largest absolute Gasteiger partial charge is 0.465 e. The van der Waals surface area contributed by atoms with E-state index < -0.39 is 11.6 Å². The monoisotopic (exact) mass is 412 g/mol. The van der Waals surface area contributed by atoms with Crippen LogP contribution in [-0.4, -0.2) is 10.9 Å². The number of anilines is 1. The maximum Gasteiger partial charge on any atom is 0.262 e. The molecule has 0 bridgehead atoms. The molecule has 0 unspecified atom stereocenters. The first-order valence-electron chi connectivity index (χ1n) is 6.84. The van der Waals surface area contributed by atoms with Crippen LogP contribution in [0.3, 0.4) is 0 Å². The molecule has 0 radical (unpaired) electrons. The summed E-state index contributed by atoms with van der Waals surface area (Å²) >= 11 is 4.51. The third-order valence-corrected chi connectivity index (χ3v) is 5.07. The van der Waals surface area contributed by atoms with Crippen LogP contribution in [0.4, 0.5) is 13.9 Å². The van der Waals surface area contributed by atoms with Crippen LogP contribution in [0.2, 0.25) is 0 Å². The Morgan fingerprint density at radius 1 is 1.25 bits per heavy atom. The third-order valence-electron chi connectivity index (χ3n) is 3.35. The van der Waals surface area contributed by atoms with E-state index in [1.54, 1.807) is 19.2 Å². The molecule has 4 nitrogen and oxygen atoms in total. The van der Waals surface area contributed by atoms with Crippen LogP contribution in [-0.2, 0) is 0 Å². The first-order valence-corrected chi connectivity index (χ1v) is 8.52. The van der Waals surface area contributed by atoms with Gasteiger partial charge >= 0.3 is 0 Å². The lowest BCUT2D eigenvalue weighted by atomic mass is 10.2. The van der Waals surface area contributed by atoms with Crippen molar-refractivity contribution in [3.05, 3.63) is 56.8 Å². The van der Waals surface area contributed by atoms with Crippen molar-refractivity contribution in [3.63, 3.8) is 0 Å². The number of hydrogen-bond donors (Lipinski definition) is 1. The van der Waals surface area contributed by atoms with Crippen LogP contribution in [0.1, 0.15) is 21.9 Å². The number of carbonyl (C=O) groups is 1. The standard InChI is InChI=1S/C16H11BrF2N2O2S/c1-7-13(14(17)8(2)23-7)15(22)21-16-20-12(6-24-16)9-3-4-10(18)11(19)5-9/h3-6H,1-2H3,(H,20,21,22). The number of nitrogens with one attached hydrogen (secondary N) is 1. The van der Waals surface area contributed by atoms with Gasteiger partial charge in [-0.05, 0) is 48.0 Å². The van der Waals surface area contributed by atoms with Crippen molar-refractivity contribution >= 4 is 38.3 Å². The number of carbonyl (C=O) groups excluding carboxylic acids is 1. The van der Waals surface area contributed by atoms with Gasteiger partial charge in [0.15, 0.2) is 16.8 Å². The highest BCUT2D eigenvalue weighted by Crippen LogP contribution is 2.30. The SMILES string of the molecule is Cc1oc(C)c(C(=O)Nc2nc(-c3ccc(F)c(F)c3)cs2)c1Br. The summed E-state index contributed by atoms with van der Waals surface area (Å²) < 4.78 is 32.3. The lowest BCUT2D eigenvalue weighted by Crippen LogP contribution is -2.12. The van der Waals surface area contributed by atoms with E-state index in [1.165, 1.54) is 17.4 Å². The molecular weight excluding hydrogens is 402 g/mol. The van der Waals surface area contributed by atoms with Gasteiger partial charge in [-0.1, -0.05) is 0 Å². The van der Waals surface area contributed by atoms with Crippen molar-refractivity contribution in [2.45, 2.75) is 13.8 Å². The molecule has 3 rings (SSSR count). The molecule has 8 heteroatoms. The maximum absolute atomic E-state index is 13.3. The highest BCUT2D eigenvalue weighted by molar-refractivity contribution is 9.10. The lowest BCUT2D eigenvalue weighted by Gasteiger charge is -2.01. The Morgan fingerprint density at radius 3 is 2.62 bits per heavy atom.